The van der Waals surface area contributed by atoms with Gasteiger partial charge in [0.2, 0.25) is 0 Å². The molecule has 0 unspecified atom stereocenters. The van der Waals surface area contributed by atoms with Crippen molar-refractivity contribution in [3.05, 3.63) is 18.3 Å². The van der Waals surface area contributed by atoms with Crippen LogP contribution in [0.1, 0.15) is 26.7 Å². The van der Waals surface area contributed by atoms with Crippen LogP contribution in [-0.2, 0) is 0 Å². The Morgan fingerprint density at radius 2 is 2.11 bits per heavy atom. The van der Waals surface area contributed by atoms with Gasteiger partial charge in [0.15, 0.2) is 0 Å². The van der Waals surface area contributed by atoms with E-state index in [4.69, 9.17) is 0 Å². The van der Waals surface area contributed by atoms with Gasteiger partial charge in [-0.3, -0.25) is 0 Å². The Labute approximate surface area is 108 Å². The summed E-state index contributed by atoms with van der Waals surface area (Å²) in [6.45, 7) is 6.05. The standard InChI is InChI=1S/C13H20N4O/c1-3-17(4-2)12-8-7-11(9-14-12)16-13(18)15-10-5-6-10/h7-10H,3-6H2,1-2H3,(H2,15,16,18). The minimum Gasteiger partial charge on any atom is -0.357 e. The molecule has 1 aromatic heterocycles. The summed E-state index contributed by atoms with van der Waals surface area (Å²) in [5.41, 5.74) is 0.726. The largest absolute Gasteiger partial charge is 0.357 e. The molecule has 1 saturated carbocycles. The highest BCUT2D eigenvalue weighted by molar-refractivity contribution is 5.89. The maximum absolute atomic E-state index is 11.5. The zero-order chi connectivity index (χ0) is 13.0. The summed E-state index contributed by atoms with van der Waals surface area (Å²) < 4.78 is 0. The Morgan fingerprint density at radius 3 is 2.61 bits per heavy atom. The molecule has 1 heterocycles. The Bertz CT molecular complexity index is 396. The van der Waals surface area contributed by atoms with Gasteiger partial charge in [-0.05, 0) is 38.8 Å². The van der Waals surface area contributed by atoms with Crippen LogP contribution in [0.2, 0.25) is 0 Å². The molecular formula is C13H20N4O. The van der Waals surface area contributed by atoms with Crippen LogP contribution >= 0.6 is 0 Å². The summed E-state index contributed by atoms with van der Waals surface area (Å²) in [7, 11) is 0. The molecule has 1 aliphatic carbocycles. The van der Waals surface area contributed by atoms with Gasteiger partial charge in [0, 0.05) is 19.1 Å². The number of hydrogen-bond donors (Lipinski definition) is 2. The summed E-state index contributed by atoms with van der Waals surface area (Å²) >= 11 is 0. The van der Waals surface area contributed by atoms with E-state index in [1.54, 1.807) is 6.20 Å². The Kier molecular flexibility index (Phi) is 4.02. The molecule has 5 heteroatoms. The summed E-state index contributed by atoms with van der Waals surface area (Å²) in [6.07, 6.45) is 3.87. The average molecular weight is 248 g/mol. The van der Waals surface area contributed by atoms with E-state index in [0.29, 0.717) is 6.04 Å². The van der Waals surface area contributed by atoms with Crippen molar-refractivity contribution in [3.8, 4) is 0 Å². The first kappa shape index (κ1) is 12.7. The molecule has 2 N–H and O–H groups in total. The van der Waals surface area contributed by atoms with E-state index in [2.05, 4.69) is 34.4 Å². The van der Waals surface area contributed by atoms with Gasteiger partial charge < -0.3 is 15.5 Å². The molecule has 1 aromatic rings. The quantitative estimate of drug-likeness (QED) is 0.840. The molecule has 1 fully saturated rings. The Hall–Kier alpha value is -1.78. The molecule has 0 aromatic carbocycles. The molecular weight excluding hydrogens is 228 g/mol. The number of rotatable bonds is 5. The SMILES string of the molecule is CCN(CC)c1ccc(NC(=O)NC2CC2)cn1. The molecule has 2 amide bonds. The zero-order valence-electron chi connectivity index (χ0n) is 10.9. The second kappa shape index (κ2) is 5.71. The molecule has 0 saturated heterocycles. The van der Waals surface area contributed by atoms with E-state index in [0.717, 1.165) is 37.4 Å². The van der Waals surface area contributed by atoms with Gasteiger partial charge >= 0.3 is 6.03 Å². The topological polar surface area (TPSA) is 57.3 Å². The Balaban J connectivity index is 1.91. The van der Waals surface area contributed by atoms with Crippen molar-refractivity contribution in [2.75, 3.05) is 23.3 Å². The van der Waals surface area contributed by atoms with Crippen molar-refractivity contribution in [2.45, 2.75) is 32.7 Å². The van der Waals surface area contributed by atoms with Crippen molar-refractivity contribution < 1.29 is 4.79 Å². The number of aromatic nitrogens is 1. The minimum atomic E-state index is -0.144. The number of hydrogen-bond acceptors (Lipinski definition) is 3. The van der Waals surface area contributed by atoms with E-state index in [1.807, 2.05) is 12.1 Å². The molecule has 0 radical (unpaired) electrons. The number of urea groups is 1. The lowest BCUT2D eigenvalue weighted by Crippen LogP contribution is -2.30. The number of nitrogens with one attached hydrogen (secondary N) is 2. The molecule has 98 valence electrons. The lowest BCUT2D eigenvalue weighted by molar-refractivity contribution is 0.251. The molecule has 0 atom stereocenters. The summed E-state index contributed by atoms with van der Waals surface area (Å²) in [5.74, 6) is 0.938. The lowest BCUT2D eigenvalue weighted by atomic mass is 10.3. The zero-order valence-corrected chi connectivity index (χ0v) is 10.9. The highest BCUT2D eigenvalue weighted by Crippen LogP contribution is 2.19. The third kappa shape index (κ3) is 3.35. The fourth-order valence-corrected chi connectivity index (χ4v) is 1.77. The van der Waals surface area contributed by atoms with Crippen LogP contribution in [0.3, 0.4) is 0 Å². The van der Waals surface area contributed by atoms with Crippen LogP contribution < -0.4 is 15.5 Å². The van der Waals surface area contributed by atoms with Crippen LogP contribution in [-0.4, -0.2) is 30.1 Å². The van der Waals surface area contributed by atoms with Crippen LogP contribution in [0.4, 0.5) is 16.3 Å². The first-order valence-electron chi connectivity index (χ1n) is 6.51. The van der Waals surface area contributed by atoms with Crippen molar-refractivity contribution in [1.29, 1.82) is 0 Å². The molecule has 0 aliphatic heterocycles. The number of carbonyl (C=O) groups is 1. The second-order valence-electron chi connectivity index (χ2n) is 4.45. The van der Waals surface area contributed by atoms with Crippen molar-refractivity contribution in [3.63, 3.8) is 0 Å². The molecule has 5 nitrogen and oxygen atoms in total. The van der Waals surface area contributed by atoms with E-state index >= 15 is 0 Å². The summed E-state index contributed by atoms with van der Waals surface area (Å²) in [4.78, 5) is 18.0. The van der Waals surface area contributed by atoms with Crippen LogP contribution in [0, 0.1) is 0 Å². The predicted octanol–water partition coefficient (Wildman–Crippen LogP) is 2.21. The fourth-order valence-electron chi connectivity index (χ4n) is 1.77. The molecule has 18 heavy (non-hydrogen) atoms. The first-order valence-corrected chi connectivity index (χ1v) is 6.51. The van der Waals surface area contributed by atoms with E-state index in [9.17, 15) is 4.79 Å². The van der Waals surface area contributed by atoms with Crippen molar-refractivity contribution in [1.82, 2.24) is 10.3 Å². The van der Waals surface area contributed by atoms with E-state index in [-0.39, 0.29) is 6.03 Å². The van der Waals surface area contributed by atoms with Gasteiger partial charge in [0.25, 0.3) is 0 Å². The monoisotopic (exact) mass is 248 g/mol. The molecule has 2 rings (SSSR count). The smallest absolute Gasteiger partial charge is 0.319 e. The third-order valence-corrected chi connectivity index (χ3v) is 3.01. The summed E-state index contributed by atoms with van der Waals surface area (Å²) in [5, 5.41) is 5.66. The predicted molar refractivity (Wildman–Crippen MR) is 73.0 cm³/mol. The number of anilines is 2. The van der Waals surface area contributed by atoms with Gasteiger partial charge in [0.05, 0.1) is 11.9 Å². The number of pyridine rings is 1. The summed E-state index contributed by atoms with van der Waals surface area (Å²) in [6, 6.07) is 4.04. The molecule has 0 spiro atoms. The van der Waals surface area contributed by atoms with E-state index < -0.39 is 0 Å². The molecule has 1 aliphatic rings. The number of nitrogens with zero attached hydrogens (tertiary/aromatic N) is 2. The lowest BCUT2D eigenvalue weighted by Gasteiger charge is -2.19. The number of amides is 2. The normalized spacial score (nSPS) is 14.1. The first-order chi connectivity index (χ1) is 8.72. The average Bonchev–Trinajstić information content (AvgIpc) is 3.16. The maximum atomic E-state index is 11.5. The van der Waals surface area contributed by atoms with E-state index in [1.165, 1.54) is 0 Å². The van der Waals surface area contributed by atoms with Gasteiger partial charge in [0.1, 0.15) is 5.82 Å². The van der Waals surface area contributed by atoms with Gasteiger partial charge in [-0.1, -0.05) is 0 Å². The van der Waals surface area contributed by atoms with Gasteiger partial charge in [-0.2, -0.15) is 0 Å². The maximum Gasteiger partial charge on any atom is 0.319 e. The van der Waals surface area contributed by atoms with Crippen LogP contribution in [0.5, 0.6) is 0 Å². The van der Waals surface area contributed by atoms with Crippen molar-refractivity contribution in [2.24, 2.45) is 0 Å². The fraction of sp³-hybridized carbons (Fsp3) is 0.538. The van der Waals surface area contributed by atoms with Gasteiger partial charge in [-0.15, -0.1) is 0 Å². The highest BCUT2D eigenvalue weighted by atomic mass is 16.2. The third-order valence-electron chi connectivity index (χ3n) is 3.01. The van der Waals surface area contributed by atoms with Crippen LogP contribution in [0.25, 0.3) is 0 Å². The second-order valence-corrected chi connectivity index (χ2v) is 4.45. The highest BCUT2D eigenvalue weighted by Gasteiger charge is 2.23. The van der Waals surface area contributed by atoms with Gasteiger partial charge in [-0.25, -0.2) is 9.78 Å². The van der Waals surface area contributed by atoms with Crippen LogP contribution in [0.15, 0.2) is 18.3 Å². The molecule has 0 bridgehead atoms. The minimum absolute atomic E-state index is 0.144. The number of carbonyl (C=O) groups excluding carboxylic acids is 1. The van der Waals surface area contributed by atoms with Crippen molar-refractivity contribution >= 4 is 17.5 Å². The Morgan fingerprint density at radius 1 is 1.39 bits per heavy atom.